The van der Waals surface area contributed by atoms with E-state index in [1.165, 1.54) is 0 Å². The molecule has 0 fully saturated rings. The molecule has 6 heteroatoms. The number of hydrogen-bond acceptors (Lipinski definition) is 4. The maximum absolute atomic E-state index is 13.3. The number of aromatic amines is 2. The van der Waals surface area contributed by atoms with Gasteiger partial charge in [-0.3, -0.25) is 14.7 Å². The number of ether oxygens (including phenoxy) is 1. The molecule has 0 radical (unpaired) electrons. The van der Waals surface area contributed by atoms with Crippen LogP contribution >= 0.6 is 0 Å². The van der Waals surface area contributed by atoms with Crippen molar-refractivity contribution < 1.29 is 14.6 Å². The van der Waals surface area contributed by atoms with Gasteiger partial charge in [0, 0.05) is 23.6 Å². The number of fused-ring (bicyclic) bond motifs is 1. The van der Waals surface area contributed by atoms with Gasteiger partial charge in [0.25, 0.3) is 5.56 Å². The second-order valence-electron chi connectivity index (χ2n) is 9.93. The van der Waals surface area contributed by atoms with Crippen molar-refractivity contribution in [2.75, 3.05) is 0 Å². The van der Waals surface area contributed by atoms with Crippen molar-refractivity contribution in [3.63, 3.8) is 0 Å². The number of aliphatic hydroxyl groups is 1. The summed E-state index contributed by atoms with van der Waals surface area (Å²) in [6.07, 6.45) is 0.156. The smallest absolute Gasteiger partial charge is 0.313 e. The van der Waals surface area contributed by atoms with Crippen LogP contribution < -0.4 is 5.56 Å². The number of esters is 1. The lowest BCUT2D eigenvalue weighted by atomic mass is 9.66. The predicted octanol–water partition coefficient (Wildman–Crippen LogP) is 3.80. The number of carbonyl (C=O) groups excluding carboxylic acids is 1. The van der Waals surface area contributed by atoms with Crippen LogP contribution in [0.5, 0.6) is 0 Å². The maximum Gasteiger partial charge on any atom is 0.313 e. The molecule has 4 rings (SSSR count). The molecule has 3 N–H and O–H groups in total. The van der Waals surface area contributed by atoms with Crippen LogP contribution in [0.2, 0.25) is 0 Å². The lowest BCUT2D eigenvalue weighted by Gasteiger charge is -2.40. The second-order valence-corrected chi connectivity index (χ2v) is 9.93. The number of rotatable bonds is 4. The first kappa shape index (κ1) is 22.1. The number of nitrogens with one attached hydrogen (secondary N) is 2. The predicted molar refractivity (Wildman–Crippen MR) is 122 cm³/mol. The van der Waals surface area contributed by atoms with Crippen LogP contribution in [-0.2, 0) is 28.0 Å². The Balaban J connectivity index is 1.74. The summed E-state index contributed by atoms with van der Waals surface area (Å²) in [5.41, 5.74) is 2.23. The summed E-state index contributed by atoms with van der Waals surface area (Å²) in [7, 11) is 0. The van der Waals surface area contributed by atoms with Crippen LogP contribution in [0.1, 0.15) is 61.6 Å². The van der Waals surface area contributed by atoms with Gasteiger partial charge in [-0.05, 0) is 29.0 Å². The Morgan fingerprint density at radius 2 is 1.75 bits per heavy atom. The highest BCUT2D eigenvalue weighted by Gasteiger charge is 2.51. The van der Waals surface area contributed by atoms with Gasteiger partial charge < -0.3 is 14.9 Å². The molecule has 1 aromatic heterocycles. The number of benzene rings is 2. The third kappa shape index (κ3) is 4.15. The summed E-state index contributed by atoms with van der Waals surface area (Å²) in [6.45, 7) is 8.13. The zero-order valence-corrected chi connectivity index (χ0v) is 18.9. The Labute approximate surface area is 187 Å². The zero-order valence-electron chi connectivity index (χ0n) is 18.9. The van der Waals surface area contributed by atoms with Gasteiger partial charge in [0.05, 0.1) is 11.5 Å². The molecule has 168 valence electrons. The highest BCUT2D eigenvalue weighted by Crippen LogP contribution is 2.44. The molecule has 0 amide bonds. The molecule has 0 saturated heterocycles. The summed E-state index contributed by atoms with van der Waals surface area (Å²) in [4.78, 5) is 26.0. The topological polar surface area (TPSA) is 95.2 Å². The van der Waals surface area contributed by atoms with Crippen LogP contribution in [-0.4, -0.2) is 26.9 Å². The molecule has 0 spiro atoms. The molecule has 6 nitrogen and oxygen atoms in total. The van der Waals surface area contributed by atoms with E-state index in [0.717, 1.165) is 16.7 Å². The minimum atomic E-state index is -1.39. The molecule has 1 heterocycles. The largest absolute Gasteiger partial charge is 0.460 e. The Kier molecular flexibility index (Phi) is 5.59. The van der Waals surface area contributed by atoms with Gasteiger partial charge >= 0.3 is 5.97 Å². The second kappa shape index (κ2) is 8.10. The molecule has 0 unspecified atom stereocenters. The number of H-pyrrole nitrogens is 2. The van der Waals surface area contributed by atoms with Crippen molar-refractivity contribution in [3.05, 3.63) is 92.9 Å². The SMILES string of the molecule is CC(C)(C)c1ccc([C@@H]2c3c([nH][nH]c3=O)C[C@](C)(O)[C@H]2C(=O)OCc2ccccc2)cc1. The first-order valence-corrected chi connectivity index (χ1v) is 10.9. The fraction of sp³-hybridized carbons (Fsp3) is 0.385. The Morgan fingerprint density at radius 1 is 1.09 bits per heavy atom. The van der Waals surface area contributed by atoms with Gasteiger partial charge in [-0.25, -0.2) is 0 Å². The minimum absolute atomic E-state index is 0.0265. The average molecular weight is 435 g/mol. The fourth-order valence-corrected chi connectivity index (χ4v) is 4.62. The van der Waals surface area contributed by atoms with Crippen molar-refractivity contribution in [2.24, 2.45) is 5.92 Å². The minimum Gasteiger partial charge on any atom is -0.460 e. The normalized spacial score (nSPS) is 22.9. The molecule has 1 aliphatic carbocycles. The summed E-state index contributed by atoms with van der Waals surface area (Å²) < 4.78 is 5.64. The van der Waals surface area contributed by atoms with Gasteiger partial charge in [-0.15, -0.1) is 0 Å². The van der Waals surface area contributed by atoms with E-state index in [2.05, 4.69) is 31.0 Å². The quantitative estimate of drug-likeness (QED) is 0.545. The van der Waals surface area contributed by atoms with E-state index in [1.54, 1.807) is 6.92 Å². The lowest BCUT2D eigenvalue weighted by molar-refractivity contribution is -0.161. The van der Waals surface area contributed by atoms with Crippen molar-refractivity contribution in [3.8, 4) is 0 Å². The average Bonchev–Trinajstić information content (AvgIpc) is 3.10. The van der Waals surface area contributed by atoms with E-state index in [-0.39, 0.29) is 24.0 Å². The molecule has 3 atom stereocenters. The molecular formula is C26H30N2O4. The Hall–Kier alpha value is -3.12. The van der Waals surface area contributed by atoms with E-state index >= 15 is 0 Å². The monoisotopic (exact) mass is 434 g/mol. The first-order valence-electron chi connectivity index (χ1n) is 10.9. The van der Waals surface area contributed by atoms with Crippen molar-refractivity contribution in [1.82, 2.24) is 10.2 Å². The number of hydrogen-bond donors (Lipinski definition) is 3. The molecule has 3 aromatic rings. The summed E-state index contributed by atoms with van der Waals surface area (Å²) in [6, 6.07) is 17.3. The van der Waals surface area contributed by atoms with Gasteiger partial charge in [-0.2, -0.15) is 0 Å². The van der Waals surface area contributed by atoms with Gasteiger partial charge in [-0.1, -0.05) is 75.4 Å². The molecule has 2 aromatic carbocycles. The standard InChI is InChI=1S/C26H30N2O4/c1-25(2,3)18-12-10-17(11-13-18)20-21-19(27-28-23(21)29)14-26(4,31)22(20)24(30)32-15-16-8-6-5-7-9-16/h5-13,20,22,31H,14-15H2,1-4H3,(H2,27,28,29)/t20-,22-,26+/m1/s1. The number of carbonyl (C=O) groups is 1. The van der Waals surface area contributed by atoms with E-state index in [9.17, 15) is 14.7 Å². The summed E-state index contributed by atoms with van der Waals surface area (Å²) in [5.74, 6) is -2.06. The van der Waals surface area contributed by atoms with Gasteiger partial charge in [0.2, 0.25) is 0 Å². The highest BCUT2D eigenvalue weighted by atomic mass is 16.5. The lowest BCUT2D eigenvalue weighted by Crippen LogP contribution is -2.50. The molecule has 0 aliphatic heterocycles. The third-order valence-corrected chi connectivity index (χ3v) is 6.36. The van der Waals surface area contributed by atoms with Crippen LogP contribution in [0.25, 0.3) is 0 Å². The van der Waals surface area contributed by atoms with Gasteiger partial charge in [0.15, 0.2) is 0 Å². The Bertz CT molecular complexity index is 1150. The van der Waals surface area contributed by atoms with Crippen molar-refractivity contribution in [1.29, 1.82) is 0 Å². The van der Waals surface area contributed by atoms with Crippen LogP contribution in [0.4, 0.5) is 0 Å². The van der Waals surface area contributed by atoms with Gasteiger partial charge in [0.1, 0.15) is 6.61 Å². The van der Waals surface area contributed by atoms with E-state index in [1.807, 2.05) is 54.6 Å². The van der Waals surface area contributed by atoms with Crippen LogP contribution in [0.3, 0.4) is 0 Å². The molecule has 1 aliphatic rings. The fourth-order valence-electron chi connectivity index (χ4n) is 4.62. The molecule has 32 heavy (non-hydrogen) atoms. The van der Waals surface area contributed by atoms with E-state index in [4.69, 9.17) is 4.74 Å². The zero-order chi connectivity index (χ0) is 23.1. The molecular weight excluding hydrogens is 404 g/mol. The Morgan fingerprint density at radius 3 is 2.38 bits per heavy atom. The summed E-state index contributed by atoms with van der Waals surface area (Å²) >= 11 is 0. The van der Waals surface area contributed by atoms with Crippen LogP contribution in [0.15, 0.2) is 59.4 Å². The van der Waals surface area contributed by atoms with E-state index in [0.29, 0.717) is 11.3 Å². The third-order valence-electron chi connectivity index (χ3n) is 6.36. The maximum atomic E-state index is 13.3. The van der Waals surface area contributed by atoms with Crippen molar-refractivity contribution in [2.45, 2.75) is 57.7 Å². The molecule has 0 bridgehead atoms. The first-order chi connectivity index (χ1) is 15.1. The molecule has 0 saturated carbocycles. The van der Waals surface area contributed by atoms with Crippen molar-refractivity contribution >= 4 is 5.97 Å². The number of aromatic nitrogens is 2. The van der Waals surface area contributed by atoms with Crippen LogP contribution in [0, 0.1) is 5.92 Å². The summed E-state index contributed by atoms with van der Waals surface area (Å²) in [5, 5.41) is 16.8. The highest BCUT2D eigenvalue weighted by molar-refractivity contribution is 5.77. The van der Waals surface area contributed by atoms with E-state index < -0.39 is 23.4 Å².